The van der Waals surface area contributed by atoms with Crippen molar-refractivity contribution in [3.63, 3.8) is 0 Å². The van der Waals surface area contributed by atoms with Gasteiger partial charge < -0.3 is 18.9 Å². The first-order chi connectivity index (χ1) is 11.0. The lowest BCUT2D eigenvalue weighted by Crippen LogP contribution is -2.48. The first kappa shape index (κ1) is 18.2. The lowest BCUT2D eigenvalue weighted by Gasteiger charge is -2.35. The van der Waals surface area contributed by atoms with Crippen LogP contribution in [0.3, 0.4) is 0 Å². The minimum absolute atomic E-state index is 0.269. The van der Waals surface area contributed by atoms with Crippen LogP contribution in [0.15, 0.2) is 28.7 Å². The molecular formula is C17H23BrO5. The summed E-state index contributed by atoms with van der Waals surface area (Å²) in [5.74, 6) is -0.595. The standard InChI is InChI=1S/C17H23BrO5/c1-3-20-16(19)17(2)22-11-13(12-23-17)5-4-10-21-15-8-6-14(18)7-9-15/h6-9,13H,3-5,10-12H2,1-2H3. The quantitative estimate of drug-likeness (QED) is 0.529. The molecule has 6 heteroatoms. The molecule has 0 atom stereocenters. The first-order valence-corrected chi connectivity index (χ1v) is 8.66. The Morgan fingerprint density at radius 1 is 1.30 bits per heavy atom. The number of hydrogen-bond donors (Lipinski definition) is 0. The molecule has 0 radical (unpaired) electrons. The lowest BCUT2D eigenvalue weighted by atomic mass is 10.0. The van der Waals surface area contributed by atoms with E-state index in [1.807, 2.05) is 24.3 Å². The van der Waals surface area contributed by atoms with Gasteiger partial charge in [0.25, 0.3) is 5.79 Å². The summed E-state index contributed by atoms with van der Waals surface area (Å²) < 4.78 is 22.8. The second kappa shape index (κ2) is 8.66. The Kier molecular flexibility index (Phi) is 6.87. The Bertz CT molecular complexity index is 494. The molecule has 0 aromatic heterocycles. The van der Waals surface area contributed by atoms with Crippen LogP contribution in [0, 0.1) is 5.92 Å². The zero-order chi connectivity index (χ0) is 16.7. The number of carbonyl (C=O) groups is 1. The molecule has 2 rings (SSSR count). The third kappa shape index (κ3) is 5.48. The monoisotopic (exact) mass is 386 g/mol. The van der Waals surface area contributed by atoms with Gasteiger partial charge >= 0.3 is 5.97 Å². The van der Waals surface area contributed by atoms with E-state index in [9.17, 15) is 4.79 Å². The molecule has 1 fully saturated rings. The topological polar surface area (TPSA) is 54.0 Å². The smallest absolute Gasteiger partial charge is 0.366 e. The fraction of sp³-hybridized carbons (Fsp3) is 0.588. The molecule has 1 aliphatic rings. The van der Waals surface area contributed by atoms with Gasteiger partial charge in [-0.25, -0.2) is 4.79 Å². The summed E-state index contributed by atoms with van der Waals surface area (Å²) >= 11 is 3.39. The van der Waals surface area contributed by atoms with Gasteiger partial charge in [0, 0.05) is 17.3 Å². The molecule has 1 aliphatic heterocycles. The summed E-state index contributed by atoms with van der Waals surface area (Å²) in [6.45, 7) is 5.32. The summed E-state index contributed by atoms with van der Waals surface area (Å²) in [6, 6.07) is 7.77. The lowest BCUT2D eigenvalue weighted by molar-refractivity contribution is -0.274. The summed E-state index contributed by atoms with van der Waals surface area (Å²) in [6.07, 6.45) is 1.83. The van der Waals surface area contributed by atoms with E-state index in [2.05, 4.69) is 15.9 Å². The molecule has 1 aromatic rings. The zero-order valence-electron chi connectivity index (χ0n) is 13.5. The highest BCUT2D eigenvalue weighted by Gasteiger charge is 2.41. The van der Waals surface area contributed by atoms with Crippen LogP contribution in [0.1, 0.15) is 26.7 Å². The molecule has 0 amide bonds. The number of ether oxygens (including phenoxy) is 4. The van der Waals surface area contributed by atoms with Gasteiger partial charge in [-0.15, -0.1) is 0 Å². The van der Waals surface area contributed by atoms with Crippen molar-refractivity contribution in [2.24, 2.45) is 5.92 Å². The summed E-state index contributed by atoms with van der Waals surface area (Å²) in [7, 11) is 0. The van der Waals surface area contributed by atoms with E-state index >= 15 is 0 Å². The molecule has 1 saturated heterocycles. The van der Waals surface area contributed by atoms with E-state index in [0.717, 1.165) is 23.1 Å². The van der Waals surface area contributed by atoms with Crippen LogP contribution in [0.4, 0.5) is 0 Å². The van der Waals surface area contributed by atoms with Crippen molar-refractivity contribution in [2.75, 3.05) is 26.4 Å². The fourth-order valence-electron chi connectivity index (χ4n) is 2.28. The van der Waals surface area contributed by atoms with Crippen LogP contribution in [-0.2, 0) is 19.0 Å². The molecule has 1 heterocycles. The molecule has 0 N–H and O–H groups in total. The Morgan fingerprint density at radius 2 is 1.96 bits per heavy atom. The van der Waals surface area contributed by atoms with E-state index in [4.69, 9.17) is 18.9 Å². The van der Waals surface area contributed by atoms with Crippen molar-refractivity contribution >= 4 is 21.9 Å². The van der Waals surface area contributed by atoms with Gasteiger partial charge in [-0.3, -0.25) is 0 Å². The predicted octanol–water partition coefficient (Wildman–Crippen LogP) is 3.55. The Hall–Kier alpha value is -1.11. The minimum Gasteiger partial charge on any atom is -0.494 e. The van der Waals surface area contributed by atoms with Gasteiger partial charge in [0.2, 0.25) is 0 Å². The van der Waals surface area contributed by atoms with Crippen LogP contribution in [0.2, 0.25) is 0 Å². The second-order valence-corrected chi connectivity index (χ2v) is 6.51. The third-order valence-corrected chi connectivity index (χ3v) is 4.20. The SMILES string of the molecule is CCOC(=O)C1(C)OCC(CCCOc2ccc(Br)cc2)CO1. The second-order valence-electron chi connectivity index (χ2n) is 5.60. The van der Waals surface area contributed by atoms with Crippen LogP contribution < -0.4 is 4.74 Å². The number of hydrogen-bond acceptors (Lipinski definition) is 5. The van der Waals surface area contributed by atoms with E-state index < -0.39 is 11.8 Å². The molecule has 128 valence electrons. The van der Waals surface area contributed by atoms with Crippen molar-refractivity contribution in [2.45, 2.75) is 32.5 Å². The minimum atomic E-state index is -1.26. The maximum atomic E-state index is 11.8. The van der Waals surface area contributed by atoms with E-state index in [-0.39, 0.29) is 5.92 Å². The van der Waals surface area contributed by atoms with Crippen molar-refractivity contribution in [3.05, 3.63) is 28.7 Å². The molecule has 0 spiro atoms. The van der Waals surface area contributed by atoms with Crippen LogP contribution in [0.25, 0.3) is 0 Å². The molecule has 0 bridgehead atoms. The Balaban J connectivity index is 1.65. The van der Waals surface area contributed by atoms with Gasteiger partial charge in [-0.2, -0.15) is 0 Å². The van der Waals surface area contributed by atoms with Crippen molar-refractivity contribution in [3.8, 4) is 5.75 Å². The van der Waals surface area contributed by atoms with Gasteiger partial charge in [0.05, 0.1) is 26.4 Å². The summed E-state index contributed by atoms with van der Waals surface area (Å²) in [5, 5.41) is 0. The highest BCUT2D eigenvalue weighted by atomic mass is 79.9. The van der Waals surface area contributed by atoms with Crippen LogP contribution >= 0.6 is 15.9 Å². The fourth-order valence-corrected chi connectivity index (χ4v) is 2.55. The number of halogens is 1. The predicted molar refractivity (Wildman–Crippen MR) is 89.3 cm³/mol. The maximum Gasteiger partial charge on any atom is 0.366 e. The molecule has 5 nitrogen and oxygen atoms in total. The molecular weight excluding hydrogens is 364 g/mol. The zero-order valence-corrected chi connectivity index (χ0v) is 15.1. The van der Waals surface area contributed by atoms with Gasteiger partial charge in [-0.05, 0) is 44.0 Å². The number of esters is 1. The number of carbonyl (C=O) groups excluding carboxylic acids is 1. The van der Waals surface area contributed by atoms with Crippen LogP contribution in [-0.4, -0.2) is 38.2 Å². The van der Waals surface area contributed by atoms with E-state index in [0.29, 0.717) is 26.4 Å². The molecule has 1 aromatic carbocycles. The number of benzene rings is 1. The van der Waals surface area contributed by atoms with Gasteiger partial charge in [0.1, 0.15) is 5.75 Å². The average molecular weight is 387 g/mol. The van der Waals surface area contributed by atoms with Crippen molar-refractivity contribution in [1.82, 2.24) is 0 Å². The van der Waals surface area contributed by atoms with E-state index in [1.54, 1.807) is 13.8 Å². The maximum absolute atomic E-state index is 11.8. The first-order valence-electron chi connectivity index (χ1n) is 7.87. The average Bonchev–Trinajstić information content (AvgIpc) is 2.55. The molecule has 0 saturated carbocycles. The molecule has 23 heavy (non-hydrogen) atoms. The Morgan fingerprint density at radius 3 is 2.57 bits per heavy atom. The van der Waals surface area contributed by atoms with Crippen molar-refractivity contribution in [1.29, 1.82) is 0 Å². The normalized spacial score (nSPS) is 24.2. The Labute approximate surface area is 145 Å². The summed E-state index contributed by atoms with van der Waals surface area (Å²) in [4.78, 5) is 11.8. The van der Waals surface area contributed by atoms with Crippen molar-refractivity contribution < 1.29 is 23.7 Å². The van der Waals surface area contributed by atoms with Gasteiger partial charge in [-0.1, -0.05) is 15.9 Å². The molecule has 0 unspecified atom stereocenters. The summed E-state index contributed by atoms with van der Waals surface area (Å²) in [5.41, 5.74) is 0. The number of rotatable bonds is 7. The molecule has 0 aliphatic carbocycles. The van der Waals surface area contributed by atoms with Crippen LogP contribution in [0.5, 0.6) is 5.75 Å². The largest absolute Gasteiger partial charge is 0.494 e. The highest BCUT2D eigenvalue weighted by Crippen LogP contribution is 2.25. The third-order valence-electron chi connectivity index (χ3n) is 3.67. The van der Waals surface area contributed by atoms with E-state index in [1.165, 1.54) is 0 Å². The van der Waals surface area contributed by atoms with Gasteiger partial charge in [0.15, 0.2) is 0 Å². The highest BCUT2D eigenvalue weighted by molar-refractivity contribution is 9.10.